The number of nitrogens with zero attached hydrogens (tertiary/aromatic N) is 3. The van der Waals surface area contributed by atoms with Crippen LogP contribution in [0.4, 0.5) is 5.69 Å². The van der Waals surface area contributed by atoms with Crippen LogP contribution in [0.1, 0.15) is 16.8 Å². The lowest BCUT2D eigenvalue weighted by Gasteiger charge is -2.24. The van der Waals surface area contributed by atoms with Gasteiger partial charge in [0.1, 0.15) is 11.4 Å². The van der Waals surface area contributed by atoms with E-state index in [1.807, 2.05) is 59.5 Å². The van der Waals surface area contributed by atoms with Crippen molar-refractivity contribution in [1.29, 1.82) is 0 Å². The lowest BCUT2D eigenvalue weighted by Crippen LogP contribution is -2.35. The number of fused-ring (bicyclic) bond motifs is 1. The highest BCUT2D eigenvalue weighted by Crippen LogP contribution is 2.27. The molecule has 32 heavy (non-hydrogen) atoms. The second-order valence-corrected chi connectivity index (χ2v) is 7.88. The largest absolute Gasteiger partial charge is 0.497 e. The minimum atomic E-state index is 0.0352. The van der Waals surface area contributed by atoms with Crippen molar-refractivity contribution in [2.24, 2.45) is 0 Å². The number of carbonyl (C=O) groups is 1. The van der Waals surface area contributed by atoms with Crippen LogP contribution in [0.5, 0.6) is 5.75 Å². The van der Waals surface area contributed by atoms with Gasteiger partial charge < -0.3 is 19.0 Å². The zero-order valence-corrected chi connectivity index (χ0v) is 18.0. The average Bonchev–Trinajstić information content (AvgIpc) is 3.28. The normalized spacial score (nSPS) is 14.4. The van der Waals surface area contributed by atoms with Gasteiger partial charge in [-0.15, -0.1) is 0 Å². The summed E-state index contributed by atoms with van der Waals surface area (Å²) in [4.78, 5) is 22.6. The molecule has 1 aliphatic heterocycles. The zero-order valence-electron chi connectivity index (χ0n) is 18.0. The van der Waals surface area contributed by atoms with Crippen molar-refractivity contribution in [2.75, 3.05) is 38.2 Å². The zero-order chi connectivity index (χ0) is 21.9. The van der Waals surface area contributed by atoms with Gasteiger partial charge in [-0.25, -0.2) is 4.98 Å². The lowest BCUT2D eigenvalue weighted by atomic mass is 10.1. The SMILES string of the molecule is COc1ccc(N2CCCN(C(=O)c3cc(-c4ccco4)nc4ccccc34)CC2)cc1. The van der Waals surface area contributed by atoms with Crippen molar-refractivity contribution in [3.05, 3.63) is 78.6 Å². The van der Waals surface area contributed by atoms with E-state index in [1.54, 1.807) is 13.4 Å². The Morgan fingerprint density at radius 1 is 0.969 bits per heavy atom. The Morgan fingerprint density at radius 2 is 1.81 bits per heavy atom. The van der Waals surface area contributed by atoms with Crippen molar-refractivity contribution in [1.82, 2.24) is 9.88 Å². The number of ether oxygens (including phenoxy) is 1. The van der Waals surface area contributed by atoms with Gasteiger partial charge in [0.25, 0.3) is 5.91 Å². The van der Waals surface area contributed by atoms with Crippen LogP contribution in [0.2, 0.25) is 0 Å². The van der Waals surface area contributed by atoms with E-state index in [4.69, 9.17) is 14.1 Å². The van der Waals surface area contributed by atoms with Gasteiger partial charge in [-0.2, -0.15) is 0 Å². The monoisotopic (exact) mass is 427 g/mol. The second-order valence-electron chi connectivity index (χ2n) is 7.88. The van der Waals surface area contributed by atoms with Gasteiger partial charge in [-0.05, 0) is 55.0 Å². The molecule has 3 heterocycles. The number of rotatable bonds is 4. The molecule has 2 aromatic heterocycles. The first-order valence-electron chi connectivity index (χ1n) is 10.8. The first kappa shape index (κ1) is 20.1. The molecule has 0 bridgehead atoms. The molecule has 2 aromatic carbocycles. The van der Waals surface area contributed by atoms with Gasteiger partial charge in [0, 0.05) is 37.3 Å². The van der Waals surface area contributed by atoms with E-state index >= 15 is 0 Å². The van der Waals surface area contributed by atoms with Crippen molar-refractivity contribution in [2.45, 2.75) is 6.42 Å². The quantitative estimate of drug-likeness (QED) is 0.466. The van der Waals surface area contributed by atoms with Crippen LogP contribution in [0.25, 0.3) is 22.4 Å². The molecule has 4 aromatic rings. The van der Waals surface area contributed by atoms with E-state index in [0.717, 1.165) is 48.4 Å². The Kier molecular flexibility index (Phi) is 5.50. The number of para-hydroxylation sites is 1. The molecule has 1 amide bonds. The van der Waals surface area contributed by atoms with Crippen molar-refractivity contribution < 1.29 is 13.9 Å². The van der Waals surface area contributed by atoms with Gasteiger partial charge in [0.15, 0.2) is 5.76 Å². The number of benzene rings is 2. The topological polar surface area (TPSA) is 58.8 Å². The molecule has 0 spiro atoms. The van der Waals surface area contributed by atoms with Crippen LogP contribution in [-0.2, 0) is 0 Å². The Bertz CT molecular complexity index is 1220. The van der Waals surface area contributed by atoms with E-state index in [0.29, 0.717) is 23.6 Å². The molecular formula is C26H25N3O3. The number of pyridine rings is 1. The Morgan fingerprint density at radius 3 is 2.59 bits per heavy atom. The summed E-state index contributed by atoms with van der Waals surface area (Å²) in [6.45, 7) is 3.08. The van der Waals surface area contributed by atoms with Crippen LogP contribution >= 0.6 is 0 Å². The predicted molar refractivity (Wildman–Crippen MR) is 125 cm³/mol. The number of anilines is 1. The third kappa shape index (κ3) is 3.91. The fraction of sp³-hybridized carbons (Fsp3) is 0.231. The van der Waals surface area contributed by atoms with Crippen molar-refractivity contribution in [3.8, 4) is 17.2 Å². The molecule has 6 nitrogen and oxygen atoms in total. The maximum atomic E-state index is 13.6. The lowest BCUT2D eigenvalue weighted by molar-refractivity contribution is 0.0769. The van der Waals surface area contributed by atoms with Gasteiger partial charge >= 0.3 is 0 Å². The van der Waals surface area contributed by atoms with Crippen LogP contribution < -0.4 is 9.64 Å². The van der Waals surface area contributed by atoms with E-state index in [1.165, 1.54) is 0 Å². The van der Waals surface area contributed by atoms with Crippen LogP contribution in [0, 0.1) is 0 Å². The summed E-state index contributed by atoms with van der Waals surface area (Å²) in [5, 5.41) is 0.865. The minimum absolute atomic E-state index is 0.0352. The summed E-state index contributed by atoms with van der Waals surface area (Å²) in [7, 11) is 1.67. The van der Waals surface area contributed by atoms with Crippen LogP contribution in [0.15, 0.2) is 77.4 Å². The van der Waals surface area contributed by atoms with Crippen LogP contribution in [0.3, 0.4) is 0 Å². The standard InChI is InChI=1S/C26H25N3O3/c1-31-20-11-9-19(10-12-20)28-13-5-14-29(16-15-28)26(30)22-18-24(25-8-4-17-32-25)27-23-7-3-2-6-21(22)23/h2-4,6-12,17-18H,5,13-16H2,1H3. The van der Waals surface area contributed by atoms with E-state index < -0.39 is 0 Å². The molecule has 1 fully saturated rings. The van der Waals surface area contributed by atoms with E-state index in [9.17, 15) is 4.79 Å². The Hall–Kier alpha value is -3.80. The van der Waals surface area contributed by atoms with Gasteiger partial charge in [-0.3, -0.25) is 4.79 Å². The van der Waals surface area contributed by atoms with Crippen molar-refractivity contribution in [3.63, 3.8) is 0 Å². The molecule has 5 rings (SSSR count). The molecule has 1 saturated heterocycles. The molecule has 6 heteroatoms. The summed E-state index contributed by atoms with van der Waals surface area (Å²) in [5.41, 5.74) is 3.28. The first-order valence-corrected chi connectivity index (χ1v) is 10.8. The number of amides is 1. The molecule has 0 aliphatic carbocycles. The molecule has 162 valence electrons. The number of aromatic nitrogens is 1. The van der Waals surface area contributed by atoms with E-state index in [-0.39, 0.29) is 5.91 Å². The highest BCUT2D eigenvalue weighted by Gasteiger charge is 2.23. The number of hydrogen-bond acceptors (Lipinski definition) is 5. The fourth-order valence-corrected chi connectivity index (χ4v) is 4.25. The van der Waals surface area contributed by atoms with E-state index in [2.05, 4.69) is 17.0 Å². The highest BCUT2D eigenvalue weighted by atomic mass is 16.5. The summed E-state index contributed by atoms with van der Waals surface area (Å²) >= 11 is 0. The molecule has 0 radical (unpaired) electrons. The summed E-state index contributed by atoms with van der Waals surface area (Å²) in [5.74, 6) is 1.54. The maximum absolute atomic E-state index is 13.6. The smallest absolute Gasteiger partial charge is 0.254 e. The van der Waals surface area contributed by atoms with Crippen LogP contribution in [-0.4, -0.2) is 49.1 Å². The third-order valence-corrected chi connectivity index (χ3v) is 5.94. The molecular weight excluding hydrogens is 402 g/mol. The maximum Gasteiger partial charge on any atom is 0.254 e. The van der Waals surface area contributed by atoms with Gasteiger partial charge in [0.05, 0.1) is 24.5 Å². The summed E-state index contributed by atoms with van der Waals surface area (Å²) in [6.07, 6.45) is 2.53. The summed E-state index contributed by atoms with van der Waals surface area (Å²) < 4.78 is 10.8. The number of methoxy groups -OCH3 is 1. The first-order chi connectivity index (χ1) is 15.7. The van der Waals surface area contributed by atoms with Gasteiger partial charge in [0.2, 0.25) is 0 Å². The molecule has 1 aliphatic rings. The third-order valence-electron chi connectivity index (χ3n) is 5.94. The predicted octanol–water partition coefficient (Wildman–Crippen LogP) is 4.86. The molecule has 0 N–H and O–H groups in total. The molecule has 0 atom stereocenters. The summed E-state index contributed by atoms with van der Waals surface area (Å²) in [6, 6.07) is 21.4. The number of furan rings is 1. The number of hydrogen-bond donors (Lipinski definition) is 0. The van der Waals surface area contributed by atoms with Crippen molar-refractivity contribution >= 4 is 22.5 Å². The Labute approximate surface area is 187 Å². The molecule has 0 unspecified atom stereocenters. The second kappa shape index (κ2) is 8.75. The minimum Gasteiger partial charge on any atom is -0.497 e. The van der Waals surface area contributed by atoms with Gasteiger partial charge in [-0.1, -0.05) is 18.2 Å². The highest BCUT2D eigenvalue weighted by molar-refractivity contribution is 6.07. The fourth-order valence-electron chi connectivity index (χ4n) is 4.25. The number of carbonyl (C=O) groups excluding carboxylic acids is 1. The average molecular weight is 428 g/mol. The Balaban J connectivity index is 1.41. The molecule has 0 saturated carbocycles.